The summed E-state index contributed by atoms with van der Waals surface area (Å²) in [5, 5.41) is 7.18. The van der Waals surface area contributed by atoms with Crippen LogP contribution in [0.1, 0.15) is 5.56 Å². The molecule has 0 saturated carbocycles. The van der Waals surface area contributed by atoms with Crippen molar-refractivity contribution in [1.29, 1.82) is 0 Å². The van der Waals surface area contributed by atoms with Gasteiger partial charge in [-0.25, -0.2) is 4.68 Å². The molecule has 5 heteroatoms. The second-order valence-electron chi connectivity index (χ2n) is 5.96. The van der Waals surface area contributed by atoms with Gasteiger partial charge in [-0.2, -0.15) is 5.10 Å². The lowest BCUT2D eigenvalue weighted by Gasteiger charge is -2.12. The van der Waals surface area contributed by atoms with Crippen molar-refractivity contribution >= 4 is 34.0 Å². The van der Waals surface area contributed by atoms with Gasteiger partial charge in [-0.3, -0.25) is 4.79 Å². The van der Waals surface area contributed by atoms with Gasteiger partial charge in [0, 0.05) is 21.0 Å². The van der Waals surface area contributed by atoms with E-state index >= 15 is 0 Å². The highest BCUT2D eigenvalue weighted by Gasteiger charge is 2.13. The maximum Gasteiger partial charge on any atom is 0.274 e. The molecule has 128 valence electrons. The van der Waals surface area contributed by atoms with Crippen LogP contribution >= 0.6 is 23.2 Å². The first kappa shape index (κ1) is 16.8. The van der Waals surface area contributed by atoms with Gasteiger partial charge in [-0.05, 0) is 23.8 Å². The lowest BCUT2D eigenvalue weighted by atomic mass is 10.1. The number of rotatable bonds is 3. The third-order valence-corrected chi connectivity index (χ3v) is 4.84. The smallest absolute Gasteiger partial charge is 0.267 e. The fraction of sp³-hybridized carbons (Fsp3) is 0.0476. The van der Waals surface area contributed by atoms with E-state index in [9.17, 15) is 4.79 Å². The van der Waals surface area contributed by atoms with Gasteiger partial charge in [-0.15, -0.1) is 0 Å². The molecule has 1 aromatic heterocycles. The normalized spacial score (nSPS) is 11.0. The fourth-order valence-corrected chi connectivity index (χ4v) is 3.43. The quantitative estimate of drug-likeness (QED) is 0.475. The minimum atomic E-state index is -0.147. The van der Waals surface area contributed by atoms with E-state index in [1.54, 1.807) is 12.1 Å². The fourth-order valence-electron chi connectivity index (χ4n) is 2.96. The zero-order chi connectivity index (χ0) is 18.1. The molecule has 3 nitrogen and oxygen atoms in total. The minimum absolute atomic E-state index is 0.147. The van der Waals surface area contributed by atoms with Gasteiger partial charge in [0.05, 0.1) is 17.6 Å². The van der Waals surface area contributed by atoms with Crippen molar-refractivity contribution in [3.05, 3.63) is 98.8 Å². The maximum absolute atomic E-state index is 12.9. The van der Waals surface area contributed by atoms with E-state index in [-0.39, 0.29) is 12.1 Å². The predicted molar refractivity (Wildman–Crippen MR) is 107 cm³/mol. The van der Waals surface area contributed by atoms with Crippen LogP contribution in [0.5, 0.6) is 0 Å². The molecule has 0 bridgehead atoms. The number of hydrogen-bond acceptors (Lipinski definition) is 2. The van der Waals surface area contributed by atoms with E-state index in [1.165, 1.54) is 4.68 Å². The van der Waals surface area contributed by atoms with Crippen LogP contribution in [0.3, 0.4) is 0 Å². The molecule has 0 aliphatic carbocycles. The standard InChI is InChI=1S/C21H14Cl2N2O/c22-16-11-10-15(19(23)12-16)13-25-21(26)18-9-5-4-8-17(18)20(24-25)14-6-2-1-3-7-14/h1-12H,13H2. The average molecular weight is 381 g/mol. The number of halogens is 2. The second-order valence-corrected chi connectivity index (χ2v) is 6.80. The van der Waals surface area contributed by atoms with Crippen LogP contribution in [0, 0.1) is 0 Å². The third kappa shape index (κ3) is 3.12. The van der Waals surface area contributed by atoms with Gasteiger partial charge in [-0.1, -0.05) is 77.8 Å². The molecule has 0 amide bonds. The Labute approximate surface area is 160 Å². The first-order valence-electron chi connectivity index (χ1n) is 8.13. The van der Waals surface area contributed by atoms with Gasteiger partial charge in [0.1, 0.15) is 0 Å². The highest BCUT2D eigenvalue weighted by molar-refractivity contribution is 6.35. The highest BCUT2D eigenvalue weighted by Crippen LogP contribution is 2.25. The Morgan fingerprint density at radius 3 is 2.27 bits per heavy atom. The summed E-state index contributed by atoms with van der Waals surface area (Å²) < 4.78 is 1.46. The predicted octanol–water partition coefficient (Wildman–Crippen LogP) is 5.42. The Balaban J connectivity index is 1.93. The molecule has 0 atom stereocenters. The molecule has 0 saturated heterocycles. The van der Waals surface area contributed by atoms with Crippen LogP contribution in [0.4, 0.5) is 0 Å². The summed E-state index contributed by atoms with van der Waals surface area (Å²) in [7, 11) is 0. The van der Waals surface area contributed by atoms with Gasteiger partial charge < -0.3 is 0 Å². The first-order valence-corrected chi connectivity index (χ1v) is 8.88. The van der Waals surface area contributed by atoms with Crippen LogP contribution in [-0.4, -0.2) is 9.78 Å². The van der Waals surface area contributed by atoms with E-state index in [2.05, 4.69) is 5.10 Å². The molecule has 4 aromatic rings. The van der Waals surface area contributed by atoms with Gasteiger partial charge in [0.15, 0.2) is 0 Å². The lowest BCUT2D eigenvalue weighted by Crippen LogP contribution is -2.24. The lowest BCUT2D eigenvalue weighted by molar-refractivity contribution is 0.651. The van der Waals surface area contributed by atoms with Crippen molar-refractivity contribution in [2.45, 2.75) is 6.54 Å². The molecular weight excluding hydrogens is 367 g/mol. The molecule has 26 heavy (non-hydrogen) atoms. The Morgan fingerprint density at radius 2 is 1.54 bits per heavy atom. The molecule has 4 rings (SSSR count). The van der Waals surface area contributed by atoms with E-state index in [0.29, 0.717) is 15.4 Å². The molecular formula is C21H14Cl2N2O. The Bertz CT molecular complexity index is 1150. The molecule has 3 aromatic carbocycles. The third-order valence-electron chi connectivity index (χ3n) is 4.25. The van der Waals surface area contributed by atoms with Crippen LogP contribution in [-0.2, 0) is 6.54 Å². The van der Waals surface area contributed by atoms with Crippen LogP contribution in [0.25, 0.3) is 22.0 Å². The topological polar surface area (TPSA) is 34.9 Å². The van der Waals surface area contributed by atoms with E-state index in [4.69, 9.17) is 23.2 Å². The number of fused-ring (bicyclic) bond motifs is 1. The van der Waals surface area contributed by atoms with Crippen molar-refractivity contribution in [3.63, 3.8) is 0 Å². The second kappa shape index (κ2) is 6.94. The van der Waals surface area contributed by atoms with Crippen molar-refractivity contribution in [3.8, 4) is 11.3 Å². The van der Waals surface area contributed by atoms with Crippen molar-refractivity contribution in [1.82, 2.24) is 9.78 Å². The van der Waals surface area contributed by atoms with Gasteiger partial charge in [0.2, 0.25) is 0 Å². The maximum atomic E-state index is 12.9. The summed E-state index contributed by atoms with van der Waals surface area (Å²) >= 11 is 12.2. The molecule has 0 unspecified atom stereocenters. The average Bonchev–Trinajstić information content (AvgIpc) is 2.67. The Morgan fingerprint density at radius 1 is 0.846 bits per heavy atom. The van der Waals surface area contributed by atoms with Crippen LogP contribution < -0.4 is 5.56 Å². The summed E-state index contributed by atoms with van der Waals surface area (Å²) in [4.78, 5) is 12.9. The first-order chi connectivity index (χ1) is 12.6. The zero-order valence-corrected chi connectivity index (χ0v) is 15.2. The van der Waals surface area contributed by atoms with E-state index in [1.807, 2.05) is 60.7 Å². The largest absolute Gasteiger partial charge is 0.274 e. The summed E-state index contributed by atoms with van der Waals surface area (Å²) in [6.45, 7) is 0.277. The van der Waals surface area contributed by atoms with Crippen molar-refractivity contribution < 1.29 is 0 Å². The molecule has 0 fully saturated rings. The van der Waals surface area contributed by atoms with Gasteiger partial charge in [0.25, 0.3) is 5.56 Å². The summed E-state index contributed by atoms with van der Waals surface area (Å²) in [5.74, 6) is 0. The molecule has 0 N–H and O–H groups in total. The number of benzene rings is 3. The monoisotopic (exact) mass is 380 g/mol. The van der Waals surface area contributed by atoms with Crippen LogP contribution in [0.15, 0.2) is 77.6 Å². The van der Waals surface area contributed by atoms with Gasteiger partial charge >= 0.3 is 0 Å². The molecule has 1 heterocycles. The molecule has 0 spiro atoms. The SMILES string of the molecule is O=c1c2ccccc2c(-c2ccccc2)nn1Cc1ccc(Cl)cc1Cl. The number of aromatic nitrogens is 2. The summed E-state index contributed by atoms with van der Waals surface area (Å²) in [5.41, 5.74) is 2.37. The zero-order valence-electron chi connectivity index (χ0n) is 13.7. The molecule has 0 aliphatic rings. The molecule has 0 radical (unpaired) electrons. The van der Waals surface area contributed by atoms with Crippen molar-refractivity contribution in [2.75, 3.05) is 0 Å². The number of hydrogen-bond donors (Lipinski definition) is 0. The van der Waals surface area contributed by atoms with Crippen molar-refractivity contribution in [2.24, 2.45) is 0 Å². The number of nitrogens with zero attached hydrogens (tertiary/aromatic N) is 2. The highest BCUT2D eigenvalue weighted by atomic mass is 35.5. The summed E-state index contributed by atoms with van der Waals surface area (Å²) in [6, 6.07) is 22.6. The van der Waals surface area contributed by atoms with Crippen LogP contribution in [0.2, 0.25) is 10.0 Å². The van der Waals surface area contributed by atoms with E-state index in [0.717, 1.165) is 22.2 Å². The van der Waals surface area contributed by atoms with E-state index < -0.39 is 0 Å². The Kier molecular flexibility index (Phi) is 4.49. The summed E-state index contributed by atoms with van der Waals surface area (Å²) in [6.07, 6.45) is 0. The molecule has 0 aliphatic heterocycles. The minimum Gasteiger partial charge on any atom is -0.267 e. The Hall–Kier alpha value is -2.62.